The van der Waals surface area contributed by atoms with E-state index in [9.17, 15) is 0 Å². The first-order valence-corrected chi connectivity index (χ1v) is 5.97. The van der Waals surface area contributed by atoms with Crippen LogP contribution in [-0.4, -0.2) is 28.2 Å². The molecule has 5 heteroatoms. The highest BCUT2D eigenvalue weighted by molar-refractivity contribution is 7.71. The number of hydrogen-bond acceptors (Lipinski definition) is 4. The minimum absolute atomic E-state index is 0.192. The Hall–Kier alpha value is -0.940. The van der Waals surface area contributed by atoms with Gasteiger partial charge in [0.1, 0.15) is 16.3 Å². The third-order valence-corrected chi connectivity index (χ3v) is 2.25. The molecule has 0 radical (unpaired) electrons. The Kier molecular flexibility index (Phi) is 5.42. The molecule has 0 aromatic carbocycles. The molecule has 1 heterocycles. The van der Waals surface area contributed by atoms with Gasteiger partial charge in [0.05, 0.1) is 0 Å². The zero-order valence-electron chi connectivity index (χ0n) is 9.79. The standard InChI is InChI=1S/C11H19N3OS/c1-8(2)6-10-13-9(7-11(16)14-10)12-4-3-5-15/h7-8,15H,3-6H2,1-2H3,(H2,12,13,14,16). The van der Waals surface area contributed by atoms with Crippen molar-refractivity contribution in [3.8, 4) is 0 Å². The monoisotopic (exact) mass is 241 g/mol. The summed E-state index contributed by atoms with van der Waals surface area (Å²) < 4.78 is 0.598. The van der Waals surface area contributed by atoms with E-state index in [1.165, 1.54) is 0 Å². The Morgan fingerprint density at radius 2 is 2.31 bits per heavy atom. The number of anilines is 1. The largest absolute Gasteiger partial charge is 0.396 e. The summed E-state index contributed by atoms with van der Waals surface area (Å²) in [5.41, 5.74) is 0. The zero-order valence-corrected chi connectivity index (χ0v) is 10.6. The van der Waals surface area contributed by atoms with Crippen LogP contribution in [0, 0.1) is 10.6 Å². The number of aliphatic hydroxyl groups is 1. The molecular formula is C11H19N3OS. The summed E-state index contributed by atoms with van der Waals surface area (Å²) in [6.45, 7) is 5.21. The van der Waals surface area contributed by atoms with Gasteiger partial charge in [-0.15, -0.1) is 0 Å². The summed E-state index contributed by atoms with van der Waals surface area (Å²) in [7, 11) is 0. The van der Waals surface area contributed by atoms with E-state index in [0.29, 0.717) is 10.6 Å². The van der Waals surface area contributed by atoms with Gasteiger partial charge in [0.2, 0.25) is 0 Å². The van der Waals surface area contributed by atoms with Crippen LogP contribution in [-0.2, 0) is 6.42 Å². The van der Waals surface area contributed by atoms with Crippen LogP contribution >= 0.6 is 12.2 Å². The molecule has 1 aromatic heterocycles. The van der Waals surface area contributed by atoms with Gasteiger partial charge in [-0.25, -0.2) is 4.98 Å². The lowest BCUT2D eigenvalue weighted by molar-refractivity contribution is 0.292. The van der Waals surface area contributed by atoms with Crippen molar-refractivity contribution in [2.75, 3.05) is 18.5 Å². The van der Waals surface area contributed by atoms with E-state index in [1.807, 2.05) is 0 Å². The first-order chi connectivity index (χ1) is 7.61. The number of aliphatic hydroxyl groups excluding tert-OH is 1. The second-order valence-corrected chi connectivity index (χ2v) is 4.60. The molecule has 0 unspecified atom stereocenters. The van der Waals surface area contributed by atoms with Crippen LogP contribution in [0.3, 0.4) is 0 Å². The highest BCUT2D eigenvalue weighted by Gasteiger charge is 2.01. The summed E-state index contributed by atoms with van der Waals surface area (Å²) in [6.07, 6.45) is 1.61. The van der Waals surface area contributed by atoms with Gasteiger partial charge in [0.25, 0.3) is 0 Å². The minimum Gasteiger partial charge on any atom is -0.396 e. The van der Waals surface area contributed by atoms with Crippen LogP contribution in [0.4, 0.5) is 5.82 Å². The highest BCUT2D eigenvalue weighted by atomic mass is 32.1. The predicted molar refractivity (Wildman–Crippen MR) is 68.2 cm³/mol. The number of aromatic nitrogens is 2. The van der Waals surface area contributed by atoms with Crippen molar-refractivity contribution in [3.05, 3.63) is 16.5 Å². The van der Waals surface area contributed by atoms with Gasteiger partial charge in [-0.05, 0) is 12.3 Å². The maximum Gasteiger partial charge on any atom is 0.131 e. The number of aromatic amines is 1. The maximum absolute atomic E-state index is 8.69. The molecule has 16 heavy (non-hydrogen) atoms. The lowest BCUT2D eigenvalue weighted by Gasteiger charge is -2.09. The maximum atomic E-state index is 8.69. The molecule has 3 N–H and O–H groups in total. The topological polar surface area (TPSA) is 60.9 Å². The smallest absolute Gasteiger partial charge is 0.131 e. The van der Waals surface area contributed by atoms with Crippen LogP contribution in [0.15, 0.2) is 6.07 Å². The van der Waals surface area contributed by atoms with E-state index in [-0.39, 0.29) is 6.61 Å². The van der Waals surface area contributed by atoms with E-state index in [0.717, 1.165) is 31.0 Å². The Bertz CT molecular complexity index is 376. The van der Waals surface area contributed by atoms with Crippen LogP contribution in [0.5, 0.6) is 0 Å². The van der Waals surface area contributed by atoms with Crippen molar-refractivity contribution < 1.29 is 5.11 Å². The predicted octanol–water partition coefficient (Wildman–Crippen LogP) is 2.13. The van der Waals surface area contributed by atoms with Gasteiger partial charge in [0.15, 0.2) is 0 Å². The quantitative estimate of drug-likeness (QED) is 0.527. The van der Waals surface area contributed by atoms with Crippen LogP contribution in [0.25, 0.3) is 0 Å². The van der Waals surface area contributed by atoms with Crippen LogP contribution in [0.2, 0.25) is 0 Å². The number of rotatable bonds is 6. The molecule has 0 amide bonds. The third-order valence-electron chi connectivity index (χ3n) is 2.04. The Labute approximate surface area is 101 Å². The summed E-state index contributed by atoms with van der Waals surface area (Å²) in [5.74, 6) is 2.34. The van der Waals surface area contributed by atoms with Gasteiger partial charge in [-0.1, -0.05) is 26.1 Å². The normalized spacial score (nSPS) is 10.8. The van der Waals surface area contributed by atoms with Crippen molar-refractivity contribution in [1.82, 2.24) is 9.97 Å². The van der Waals surface area contributed by atoms with Gasteiger partial charge < -0.3 is 15.4 Å². The second kappa shape index (κ2) is 6.60. The molecule has 0 saturated heterocycles. The van der Waals surface area contributed by atoms with Crippen molar-refractivity contribution >= 4 is 18.0 Å². The number of nitrogens with zero attached hydrogens (tertiary/aromatic N) is 1. The highest BCUT2D eigenvalue weighted by Crippen LogP contribution is 2.08. The number of H-pyrrole nitrogens is 1. The fraction of sp³-hybridized carbons (Fsp3) is 0.636. The minimum atomic E-state index is 0.192. The molecule has 0 fully saturated rings. The molecule has 4 nitrogen and oxygen atoms in total. The Morgan fingerprint density at radius 3 is 2.94 bits per heavy atom. The SMILES string of the molecule is CC(C)Cc1nc(=S)cc(NCCCO)[nH]1. The molecule has 1 rings (SSSR count). The molecule has 0 aliphatic heterocycles. The van der Waals surface area contributed by atoms with Crippen LogP contribution < -0.4 is 5.32 Å². The number of nitrogens with one attached hydrogen (secondary N) is 2. The Morgan fingerprint density at radius 1 is 1.56 bits per heavy atom. The molecule has 0 saturated carbocycles. The summed E-state index contributed by atoms with van der Waals surface area (Å²) in [4.78, 5) is 7.48. The summed E-state index contributed by atoms with van der Waals surface area (Å²) in [5, 5.41) is 11.9. The van der Waals surface area contributed by atoms with E-state index < -0.39 is 0 Å². The first kappa shape index (κ1) is 13.1. The summed E-state index contributed by atoms with van der Waals surface area (Å²) >= 11 is 5.10. The molecule has 0 atom stereocenters. The fourth-order valence-electron chi connectivity index (χ4n) is 1.39. The molecule has 0 spiro atoms. The van der Waals surface area contributed by atoms with Crippen LogP contribution in [0.1, 0.15) is 26.1 Å². The zero-order chi connectivity index (χ0) is 12.0. The summed E-state index contributed by atoms with van der Waals surface area (Å²) in [6, 6.07) is 1.80. The van der Waals surface area contributed by atoms with Gasteiger partial charge >= 0.3 is 0 Å². The number of hydrogen-bond donors (Lipinski definition) is 3. The molecule has 1 aromatic rings. The lowest BCUT2D eigenvalue weighted by Crippen LogP contribution is -2.08. The third kappa shape index (κ3) is 4.72. The first-order valence-electron chi connectivity index (χ1n) is 5.56. The van der Waals surface area contributed by atoms with E-state index in [4.69, 9.17) is 17.3 Å². The van der Waals surface area contributed by atoms with Crippen molar-refractivity contribution in [2.45, 2.75) is 26.7 Å². The fourth-order valence-corrected chi connectivity index (χ4v) is 1.62. The average Bonchev–Trinajstić information content (AvgIpc) is 2.16. The lowest BCUT2D eigenvalue weighted by atomic mass is 10.1. The molecule has 0 bridgehead atoms. The molecule has 90 valence electrons. The second-order valence-electron chi connectivity index (χ2n) is 4.18. The molecular weight excluding hydrogens is 222 g/mol. The van der Waals surface area contributed by atoms with Crippen molar-refractivity contribution in [1.29, 1.82) is 0 Å². The molecule has 0 aliphatic carbocycles. The van der Waals surface area contributed by atoms with Gasteiger partial charge in [0, 0.05) is 25.6 Å². The Balaban J connectivity index is 2.69. The van der Waals surface area contributed by atoms with Crippen molar-refractivity contribution in [2.24, 2.45) is 5.92 Å². The van der Waals surface area contributed by atoms with Crippen molar-refractivity contribution in [3.63, 3.8) is 0 Å². The van der Waals surface area contributed by atoms with E-state index >= 15 is 0 Å². The van der Waals surface area contributed by atoms with E-state index in [1.54, 1.807) is 6.07 Å². The van der Waals surface area contributed by atoms with Gasteiger partial charge in [-0.2, -0.15) is 0 Å². The molecule has 0 aliphatic rings. The average molecular weight is 241 g/mol. The van der Waals surface area contributed by atoms with Gasteiger partial charge in [-0.3, -0.25) is 0 Å². The van der Waals surface area contributed by atoms with E-state index in [2.05, 4.69) is 29.1 Å².